The van der Waals surface area contributed by atoms with Crippen LogP contribution in [0.4, 0.5) is 0 Å². The second-order valence-corrected chi connectivity index (χ2v) is 6.58. The average molecular weight is 240 g/mol. The number of rotatable bonds is 0. The minimum Gasteiger partial charge on any atom is -0.201 e. The zero-order chi connectivity index (χ0) is 12.9. The zero-order valence-corrected chi connectivity index (χ0v) is 11.9. The van der Waals surface area contributed by atoms with Crippen LogP contribution in [0.2, 0.25) is 0 Å². The quantitative estimate of drug-likeness (QED) is 0.621. The third kappa shape index (κ3) is 1.73. The van der Waals surface area contributed by atoms with Crippen molar-refractivity contribution in [1.29, 1.82) is 0 Å². The van der Waals surface area contributed by atoms with Crippen LogP contribution in [-0.2, 0) is 25.3 Å². The van der Waals surface area contributed by atoms with Crippen molar-refractivity contribution in [3.63, 3.8) is 0 Å². The van der Waals surface area contributed by atoms with E-state index in [2.05, 4.69) is 56.8 Å². The summed E-state index contributed by atoms with van der Waals surface area (Å²) in [6.07, 6.45) is 6.11. The van der Waals surface area contributed by atoms with Crippen LogP contribution in [-0.4, -0.2) is 0 Å². The Morgan fingerprint density at radius 3 is 2.61 bits per heavy atom. The molecular formula is C17H22N+. The second kappa shape index (κ2) is 3.81. The summed E-state index contributed by atoms with van der Waals surface area (Å²) in [6.45, 7) is 6.87. The van der Waals surface area contributed by atoms with Gasteiger partial charge in [-0.1, -0.05) is 26.8 Å². The van der Waals surface area contributed by atoms with Gasteiger partial charge >= 0.3 is 0 Å². The molecule has 0 aliphatic heterocycles. The third-order valence-corrected chi connectivity index (χ3v) is 4.18. The van der Waals surface area contributed by atoms with Gasteiger partial charge in [-0.25, -0.2) is 4.57 Å². The van der Waals surface area contributed by atoms with E-state index in [-0.39, 0.29) is 5.41 Å². The van der Waals surface area contributed by atoms with Gasteiger partial charge in [-0.2, -0.15) is 0 Å². The van der Waals surface area contributed by atoms with Gasteiger partial charge < -0.3 is 0 Å². The van der Waals surface area contributed by atoms with E-state index < -0.39 is 0 Å². The predicted octanol–water partition coefficient (Wildman–Crippen LogP) is 3.45. The monoisotopic (exact) mass is 240 g/mol. The van der Waals surface area contributed by atoms with Crippen molar-refractivity contribution in [3.05, 3.63) is 41.1 Å². The normalized spacial score (nSPS) is 15.1. The first-order valence-electron chi connectivity index (χ1n) is 6.91. The Labute approximate surface area is 109 Å². The molecule has 2 aromatic rings. The second-order valence-electron chi connectivity index (χ2n) is 6.58. The van der Waals surface area contributed by atoms with E-state index in [0.717, 1.165) is 0 Å². The molecule has 0 radical (unpaired) electrons. The van der Waals surface area contributed by atoms with Gasteiger partial charge in [-0.05, 0) is 41.9 Å². The minimum atomic E-state index is 0.216. The fourth-order valence-corrected chi connectivity index (χ4v) is 3.03. The molecule has 94 valence electrons. The van der Waals surface area contributed by atoms with Gasteiger partial charge in [0, 0.05) is 11.6 Å². The smallest absolute Gasteiger partial charge is 0.201 e. The molecule has 0 amide bonds. The van der Waals surface area contributed by atoms with Crippen molar-refractivity contribution < 1.29 is 4.57 Å². The molecule has 18 heavy (non-hydrogen) atoms. The molecule has 1 heteroatoms. The van der Waals surface area contributed by atoms with E-state index in [4.69, 9.17) is 0 Å². The van der Waals surface area contributed by atoms with Gasteiger partial charge in [0.2, 0.25) is 5.52 Å². The molecule has 0 bridgehead atoms. The molecule has 3 rings (SSSR count). The lowest BCUT2D eigenvalue weighted by atomic mass is 9.87. The van der Waals surface area contributed by atoms with Crippen LogP contribution in [0.5, 0.6) is 0 Å². The molecule has 0 N–H and O–H groups in total. The highest BCUT2D eigenvalue weighted by Gasteiger charge is 2.22. The van der Waals surface area contributed by atoms with E-state index in [0.29, 0.717) is 0 Å². The highest BCUT2D eigenvalue weighted by atomic mass is 14.9. The molecular weight excluding hydrogens is 218 g/mol. The molecule has 1 aromatic heterocycles. The maximum atomic E-state index is 2.42. The summed E-state index contributed by atoms with van der Waals surface area (Å²) in [4.78, 5) is 0. The number of hydrogen-bond acceptors (Lipinski definition) is 0. The molecule has 0 atom stereocenters. The molecule has 1 heterocycles. The van der Waals surface area contributed by atoms with E-state index >= 15 is 0 Å². The van der Waals surface area contributed by atoms with Crippen molar-refractivity contribution in [1.82, 2.24) is 0 Å². The first-order chi connectivity index (χ1) is 8.47. The molecule has 0 saturated heterocycles. The van der Waals surface area contributed by atoms with Gasteiger partial charge in [0.25, 0.3) is 0 Å². The first kappa shape index (κ1) is 11.7. The Morgan fingerprint density at radius 2 is 1.89 bits per heavy atom. The molecule has 1 nitrogen and oxygen atoms in total. The lowest BCUT2D eigenvalue weighted by molar-refractivity contribution is -0.645. The van der Waals surface area contributed by atoms with E-state index in [1.807, 2.05) is 0 Å². The van der Waals surface area contributed by atoms with E-state index in [9.17, 15) is 0 Å². The van der Waals surface area contributed by atoms with Crippen LogP contribution in [0, 0.1) is 0 Å². The Morgan fingerprint density at radius 1 is 1.11 bits per heavy atom. The SMILES string of the molecule is C[n+]1cc(C(C)(C)C)cc2c3c(ccc21)CCC3. The summed E-state index contributed by atoms with van der Waals surface area (Å²) in [6, 6.07) is 7.02. The van der Waals surface area contributed by atoms with Crippen LogP contribution in [0.15, 0.2) is 24.4 Å². The lowest BCUT2D eigenvalue weighted by Gasteiger charge is -2.18. The maximum absolute atomic E-state index is 2.42. The maximum Gasteiger partial charge on any atom is 0.212 e. The molecule has 0 fully saturated rings. The molecule has 1 aliphatic carbocycles. The van der Waals surface area contributed by atoms with Crippen LogP contribution in [0.25, 0.3) is 10.9 Å². The highest BCUT2D eigenvalue weighted by molar-refractivity contribution is 5.82. The van der Waals surface area contributed by atoms with Crippen LogP contribution < -0.4 is 4.57 Å². The fourth-order valence-electron chi connectivity index (χ4n) is 3.03. The first-order valence-corrected chi connectivity index (χ1v) is 6.91. The predicted molar refractivity (Wildman–Crippen MR) is 75.8 cm³/mol. The lowest BCUT2D eigenvalue weighted by Crippen LogP contribution is -2.31. The van der Waals surface area contributed by atoms with E-state index in [1.165, 1.54) is 35.7 Å². The topological polar surface area (TPSA) is 3.88 Å². The van der Waals surface area contributed by atoms with Crippen molar-refractivity contribution in [2.45, 2.75) is 45.4 Å². The summed E-state index contributed by atoms with van der Waals surface area (Å²) in [5, 5.41) is 1.47. The summed E-state index contributed by atoms with van der Waals surface area (Å²) in [5.41, 5.74) is 6.16. The van der Waals surface area contributed by atoms with Gasteiger partial charge in [0.15, 0.2) is 6.20 Å². The number of pyridine rings is 1. The molecule has 0 saturated carbocycles. The number of aromatic nitrogens is 1. The molecule has 0 spiro atoms. The van der Waals surface area contributed by atoms with Crippen molar-refractivity contribution in [2.24, 2.45) is 7.05 Å². The molecule has 1 aromatic carbocycles. The molecule has 0 unspecified atom stereocenters. The summed E-state index contributed by atoms with van der Waals surface area (Å²) in [5.74, 6) is 0. The Balaban J connectivity index is 2.34. The summed E-state index contributed by atoms with van der Waals surface area (Å²) in [7, 11) is 2.17. The summed E-state index contributed by atoms with van der Waals surface area (Å²) < 4.78 is 2.29. The number of benzene rings is 1. The Kier molecular flexibility index (Phi) is 2.48. The fraction of sp³-hybridized carbons (Fsp3) is 0.471. The number of fused-ring (bicyclic) bond motifs is 3. The number of nitrogens with zero attached hydrogens (tertiary/aromatic N) is 1. The average Bonchev–Trinajstić information content (AvgIpc) is 2.75. The van der Waals surface area contributed by atoms with Crippen molar-refractivity contribution >= 4 is 10.9 Å². The molecule has 1 aliphatic rings. The Hall–Kier alpha value is -1.37. The minimum absolute atomic E-state index is 0.216. The number of hydrogen-bond donors (Lipinski definition) is 0. The summed E-state index contributed by atoms with van der Waals surface area (Å²) >= 11 is 0. The van der Waals surface area contributed by atoms with E-state index in [1.54, 1.807) is 11.1 Å². The van der Waals surface area contributed by atoms with Crippen molar-refractivity contribution in [3.8, 4) is 0 Å². The highest BCUT2D eigenvalue weighted by Crippen LogP contribution is 2.31. The Bertz CT molecular complexity index is 618. The van der Waals surface area contributed by atoms with Crippen LogP contribution in [0.1, 0.15) is 43.9 Å². The van der Waals surface area contributed by atoms with Gasteiger partial charge in [-0.15, -0.1) is 0 Å². The van der Waals surface area contributed by atoms with Crippen molar-refractivity contribution in [2.75, 3.05) is 0 Å². The van der Waals surface area contributed by atoms with Crippen LogP contribution in [0.3, 0.4) is 0 Å². The zero-order valence-electron chi connectivity index (χ0n) is 11.9. The van der Waals surface area contributed by atoms with Gasteiger partial charge in [0.05, 0.1) is 5.39 Å². The third-order valence-electron chi connectivity index (χ3n) is 4.18. The standard InChI is InChI=1S/C17H22N/c1-17(2,3)13-10-15-14-7-5-6-12(14)8-9-16(15)18(4)11-13/h8-11H,5-7H2,1-4H3/q+1. The number of aryl methyl sites for hydroxylation is 3. The van der Waals surface area contributed by atoms with Crippen LogP contribution >= 0.6 is 0 Å². The van der Waals surface area contributed by atoms with Gasteiger partial charge in [-0.3, -0.25) is 0 Å². The van der Waals surface area contributed by atoms with Gasteiger partial charge in [0.1, 0.15) is 7.05 Å². The largest absolute Gasteiger partial charge is 0.212 e.